The zero-order valence-electron chi connectivity index (χ0n) is 68.9. The molecule has 0 aliphatic rings. The molecule has 0 heterocycles. The van der Waals surface area contributed by atoms with Crippen LogP contribution in [0.3, 0.4) is 0 Å². The van der Waals surface area contributed by atoms with Gasteiger partial charge in [0.15, 0.2) is 6.10 Å². The van der Waals surface area contributed by atoms with Crippen molar-refractivity contribution in [2.24, 2.45) is 0 Å². The average Bonchev–Trinajstić information content (AvgIpc) is 0.916. The molecule has 4 N–H and O–H groups in total. The van der Waals surface area contributed by atoms with Crippen LogP contribution < -0.4 is 0 Å². The van der Waals surface area contributed by atoms with Gasteiger partial charge >= 0.3 is 33.6 Å². The second-order valence-electron chi connectivity index (χ2n) is 29.0. The van der Waals surface area contributed by atoms with Crippen molar-refractivity contribution in [3.8, 4) is 0 Å². The third-order valence-corrected chi connectivity index (χ3v) is 20.2. The molecular formula is C91H158O16P2. The zero-order valence-corrected chi connectivity index (χ0v) is 70.7. The van der Waals surface area contributed by atoms with Crippen LogP contribution in [-0.2, 0) is 55.8 Å². The molecule has 0 aromatic rings. The lowest BCUT2D eigenvalue weighted by Crippen LogP contribution is -2.30. The number of aliphatic hydroxyl groups excluding tert-OH is 2. The minimum Gasteiger partial charge on any atom is -0.463 e. The number of phosphoric acid groups is 2. The molecule has 0 spiro atoms. The van der Waals surface area contributed by atoms with E-state index in [0.29, 0.717) is 19.3 Å². The molecule has 0 aromatic carbocycles. The number of aliphatic hydroxyl groups is 2. The van der Waals surface area contributed by atoms with Gasteiger partial charge in [-0.2, -0.15) is 0 Å². The molecular weight excluding hydrogens is 1410 g/mol. The molecule has 0 radical (unpaired) electrons. The van der Waals surface area contributed by atoms with Crippen LogP contribution in [0.2, 0.25) is 0 Å². The fraction of sp³-hybridized carbons (Fsp3) is 0.725. The van der Waals surface area contributed by atoms with E-state index in [-0.39, 0.29) is 19.3 Å². The first-order chi connectivity index (χ1) is 53.2. The quantitative estimate of drug-likeness (QED) is 0.0146. The van der Waals surface area contributed by atoms with Gasteiger partial charge in [-0.05, 0) is 141 Å². The van der Waals surface area contributed by atoms with Crippen molar-refractivity contribution in [3.63, 3.8) is 0 Å². The Labute approximate surface area is 665 Å². The molecule has 0 aliphatic heterocycles. The van der Waals surface area contributed by atoms with Gasteiger partial charge in [0.25, 0.3) is 0 Å². The van der Waals surface area contributed by atoms with Gasteiger partial charge in [0, 0.05) is 19.3 Å². The number of ether oxygens (including phenoxy) is 3. The molecule has 5 atom stereocenters. The van der Waals surface area contributed by atoms with Crippen molar-refractivity contribution in [1.29, 1.82) is 0 Å². The van der Waals surface area contributed by atoms with Gasteiger partial charge in [0.2, 0.25) is 0 Å². The molecule has 5 unspecified atom stereocenters. The summed E-state index contributed by atoms with van der Waals surface area (Å²) in [6, 6.07) is 0. The number of unbranched alkanes of at least 4 members (excludes halogenated alkanes) is 37. The molecule has 0 fully saturated rings. The second kappa shape index (κ2) is 83.1. The summed E-state index contributed by atoms with van der Waals surface area (Å²) in [5.41, 5.74) is 0. The summed E-state index contributed by atoms with van der Waals surface area (Å²) in [5.74, 6) is -1.58. The highest BCUT2D eigenvalue weighted by Crippen LogP contribution is 2.45. The third-order valence-electron chi connectivity index (χ3n) is 18.3. The molecule has 0 aromatic heterocycles. The highest BCUT2D eigenvalue weighted by atomic mass is 31.2. The van der Waals surface area contributed by atoms with Crippen molar-refractivity contribution in [2.45, 2.75) is 386 Å². The summed E-state index contributed by atoms with van der Waals surface area (Å²) < 4.78 is 61.3. The molecule has 16 nitrogen and oxygen atoms in total. The lowest BCUT2D eigenvalue weighted by molar-refractivity contribution is -0.161. The summed E-state index contributed by atoms with van der Waals surface area (Å²) >= 11 is 0. The van der Waals surface area contributed by atoms with Gasteiger partial charge in [0.1, 0.15) is 25.4 Å². The van der Waals surface area contributed by atoms with Gasteiger partial charge in [-0.25, -0.2) is 9.13 Å². The maximum atomic E-state index is 13.0. The van der Waals surface area contributed by atoms with Crippen LogP contribution in [0.15, 0.2) is 134 Å². The Kier molecular flexibility index (Phi) is 79.8. The number of allylic oxidation sites excluding steroid dienone is 22. The monoisotopic (exact) mass is 1570 g/mol. The van der Waals surface area contributed by atoms with Gasteiger partial charge in [-0.1, -0.05) is 341 Å². The van der Waals surface area contributed by atoms with E-state index < -0.39 is 91.5 Å². The smallest absolute Gasteiger partial charge is 0.463 e. The normalized spacial score (nSPS) is 14.5. The van der Waals surface area contributed by atoms with Crippen LogP contribution in [0.1, 0.15) is 367 Å². The molecule has 0 bridgehead atoms. The Hall–Kier alpha value is -4.31. The minimum atomic E-state index is -4.93. The minimum absolute atomic E-state index is 0.0942. The summed E-state index contributed by atoms with van der Waals surface area (Å²) in [5, 5.41) is 20.7. The van der Waals surface area contributed by atoms with E-state index >= 15 is 0 Å². The summed E-state index contributed by atoms with van der Waals surface area (Å²) in [7, 11) is -9.79. The van der Waals surface area contributed by atoms with E-state index in [0.717, 1.165) is 148 Å². The summed E-state index contributed by atoms with van der Waals surface area (Å²) in [6.45, 7) is 2.55. The lowest BCUT2D eigenvalue weighted by atomic mass is 10.0. The lowest BCUT2D eigenvalue weighted by Gasteiger charge is -2.21. The number of carbonyl (C=O) groups is 3. The number of phosphoric ester groups is 2. The average molecular weight is 1570 g/mol. The van der Waals surface area contributed by atoms with Crippen LogP contribution in [0, 0.1) is 0 Å². The predicted molar refractivity (Wildman–Crippen MR) is 454 cm³/mol. The predicted octanol–water partition coefficient (Wildman–Crippen LogP) is 26.2. The fourth-order valence-corrected chi connectivity index (χ4v) is 13.3. The van der Waals surface area contributed by atoms with Gasteiger partial charge in [-0.3, -0.25) is 32.5 Å². The van der Waals surface area contributed by atoms with Crippen molar-refractivity contribution in [3.05, 3.63) is 134 Å². The first-order valence-corrected chi connectivity index (χ1v) is 46.5. The molecule has 18 heteroatoms. The Morgan fingerprint density at radius 3 is 0.798 bits per heavy atom. The van der Waals surface area contributed by atoms with Crippen molar-refractivity contribution in [1.82, 2.24) is 0 Å². The number of carbonyl (C=O) groups excluding carboxylic acids is 3. The summed E-state index contributed by atoms with van der Waals surface area (Å²) in [6.07, 6.45) is 102. The van der Waals surface area contributed by atoms with Crippen molar-refractivity contribution in [2.75, 3.05) is 39.6 Å². The Morgan fingerprint density at radius 1 is 0.266 bits per heavy atom. The molecule has 0 saturated carbocycles. The fourth-order valence-electron chi connectivity index (χ4n) is 11.7. The van der Waals surface area contributed by atoms with E-state index in [9.17, 15) is 43.5 Å². The van der Waals surface area contributed by atoms with Crippen LogP contribution in [0.4, 0.5) is 0 Å². The van der Waals surface area contributed by atoms with Crippen molar-refractivity contribution < 1.29 is 75.8 Å². The topological polar surface area (TPSA) is 231 Å². The summed E-state index contributed by atoms with van der Waals surface area (Å²) in [4.78, 5) is 58.8. The molecule has 0 aliphatic carbocycles. The number of esters is 3. The van der Waals surface area contributed by atoms with Gasteiger partial charge in [-0.15, -0.1) is 0 Å². The highest BCUT2D eigenvalue weighted by Gasteiger charge is 2.29. The third kappa shape index (κ3) is 84.4. The van der Waals surface area contributed by atoms with E-state index in [1.807, 2.05) is 0 Å². The van der Waals surface area contributed by atoms with Crippen molar-refractivity contribution >= 4 is 33.6 Å². The Morgan fingerprint density at radius 2 is 0.486 bits per heavy atom. The number of hydrogen-bond donors (Lipinski definition) is 4. The maximum absolute atomic E-state index is 13.0. The molecule has 0 rings (SSSR count). The van der Waals surface area contributed by atoms with E-state index in [2.05, 4.69) is 154 Å². The highest BCUT2D eigenvalue weighted by molar-refractivity contribution is 7.47. The second-order valence-corrected chi connectivity index (χ2v) is 31.9. The van der Waals surface area contributed by atoms with Gasteiger partial charge < -0.3 is 34.2 Å². The standard InChI is InChI=1S/C91H158O16P2/c1-4-7-10-13-16-19-22-25-27-29-31-33-35-37-39-41-42-44-46-47-49-51-53-55-57-60-62-65-68-71-74-77-89(94)101-80-86(92)81-103-108(97,98)104-82-87(93)83-105-109(99,100)106-85-88(107-91(96)79-76-73-70-67-64-59-24-21-18-15-12-9-6-3)84-102-90(95)78-75-72-69-66-63-61-58-56-54-52-50-48-45-43-40-38-36-34-32-30-28-26-23-20-17-14-11-8-5-2/h7,10,16-17,19-21,24-28,31-34,37-40,42,44,86-88,92-93H,4-6,8-9,11-15,18,22-23,29-30,35-36,41,43,45-85H2,1-3H3,(H,97,98)(H,99,100)/b10-7-,19-16-,20-17-,24-21-,27-25-,28-26-,33-31-,34-32-,39-37-,40-38-,44-42-. The Balaban J connectivity index is 4.45. The van der Waals surface area contributed by atoms with E-state index in [4.69, 9.17) is 32.3 Å². The van der Waals surface area contributed by atoms with Gasteiger partial charge in [0.05, 0.1) is 26.4 Å². The van der Waals surface area contributed by atoms with E-state index in [1.165, 1.54) is 161 Å². The van der Waals surface area contributed by atoms with Crippen LogP contribution in [0.25, 0.3) is 0 Å². The molecule has 109 heavy (non-hydrogen) atoms. The van der Waals surface area contributed by atoms with Crippen LogP contribution in [-0.4, -0.2) is 95.9 Å². The first-order valence-electron chi connectivity index (χ1n) is 43.5. The van der Waals surface area contributed by atoms with E-state index in [1.54, 1.807) is 0 Å². The first kappa shape index (κ1) is 105. The maximum Gasteiger partial charge on any atom is 0.472 e. The molecule has 628 valence electrons. The number of hydrogen-bond acceptors (Lipinski definition) is 14. The molecule has 0 amide bonds. The van der Waals surface area contributed by atoms with Crippen LogP contribution in [0.5, 0.6) is 0 Å². The number of rotatable bonds is 82. The zero-order chi connectivity index (χ0) is 79.4. The molecule has 0 saturated heterocycles. The largest absolute Gasteiger partial charge is 0.472 e. The Bertz CT molecular complexity index is 2510. The van der Waals surface area contributed by atoms with Crippen LogP contribution >= 0.6 is 15.6 Å². The SMILES string of the molecule is CC/C=C\C/C=C\C/C=C\C/C=C\C/C=C\C/C=C\CCCCCCCCCCCCCCC(=O)OCC(O)COP(=O)(O)OCC(O)COP(=O)(O)OCC(COC(=O)CCCCCCCCCCCCCCC/C=C\C/C=C\C/C=C\C/C=C\CCCCC)OC(=O)CCCCCCC/C=C\CCCCCC.